The Hall–Kier alpha value is -1.25. The van der Waals surface area contributed by atoms with Crippen LogP contribution in [0.4, 0.5) is 0 Å². The molecule has 2 rings (SSSR count). The molecular weight excluding hydrogens is 198 g/mol. The standard InChI is InChI=1S/C11H10ClNO/c12-9-2-1-8-3-7(6-13)4-11(14)10(8)5-9/h1-5,14H,6,13H2. The molecule has 2 nitrogen and oxygen atoms in total. The van der Waals surface area contributed by atoms with Gasteiger partial charge in [-0.05, 0) is 35.2 Å². The highest BCUT2D eigenvalue weighted by Crippen LogP contribution is 2.28. The molecule has 0 aromatic heterocycles. The van der Waals surface area contributed by atoms with Gasteiger partial charge in [0.15, 0.2) is 0 Å². The normalized spacial score (nSPS) is 10.7. The summed E-state index contributed by atoms with van der Waals surface area (Å²) in [5.41, 5.74) is 6.42. The van der Waals surface area contributed by atoms with Crippen molar-refractivity contribution < 1.29 is 5.11 Å². The highest BCUT2D eigenvalue weighted by Gasteiger charge is 2.02. The van der Waals surface area contributed by atoms with Gasteiger partial charge >= 0.3 is 0 Å². The Balaban J connectivity index is 2.76. The number of phenolic OH excluding ortho intramolecular Hbond substituents is 1. The van der Waals surface area contributed by atoms with Crippen molar-refractivity contribution in [1.29, 1.82) is 0 Å². The number of fused-ring (bicyclic) bond motifs is 1. The van der Waals surface area contributed by atoms with Crippen molar-refractivity contribution in [3.05, 3.63) is 40.9 Å². The molecule has 0 aliphatic heterocycles. The molecule has 0 spiro atoms. The molecule has 0 aliphatic carbocycles. The van der Waals surface area contributed by atoms with E-state index in [1.165, 1.54) is 0 Å². The van der Waals surface area contributed by atoms with E-state index in [4.69, 9.17) is 17.3 Å². The summed E-state index contributed by atoms with van der Waals surface area (Å²) in [7, 11) is 0. The second kappa shape index (κ2) is 3.48. The zero-order chi connectivity index (χ0) is 10.1. The van der Waals surface area contributed by atoms with Gasteiger partial charge < -0.3 is 10.8 Å². The summed E-state index contributed by atoms with van der Waals surface area (Å²) in [5.74, 6) is 0.227. The van der Waals surface area contributed by atoms with Crippen LogP contribution >= 0.6 is 11.6 Å². The maximum atomic E-state index is 9.69. The number of rotatable bonds is 1. The monoisotopic (exact) mass is 207 g/mol. The number of benzene rings is 2. The van der Waals surface area contributed by atoms with Gasteiger partial charge in [0.2, 0.25) is 0 Å². The molecule has 72 valence electrons. The van der Waals surface area contributed by atoms with Crippen LogP contribution in [-0.2, 0) is 6.54 Å². The summed E-state index contributed by atoms with van der Waals surface area (Å²) in [4.78, 5) is 0. The topological polar surface area (TPSA) is 46.2 Å². The number of phenols is 1. The smallest absolute Gasteiger partial charge is 0.123 e. The predicted octanol–water partition coefficient (Wildman–Crippen LogP) is 2.66. The van der Waals surface area contributed by atoms with Gasteiger partial charge in [-0.25, -0.2) is 0 Å². The lowest BCUT2D eigenvalue weighted by atomic mass is 10.1. The van der Waals surface area contributed by atoms with E-state index < -0.39 is 0 Å². The van der Waals surface area contributed by atoms with Crippen molar-refractivity contribution in [3.8, 4) is 5.75 Å². The summed E-state index contributed by atoms with van der Waals surface area (Å²) in [6, 6.07) is 9.02. The van der Waals surface area contributed by atoms with Crippen LogP contribution in [0.2, 0.25) is 5.02 Å². The van der Waals surface area contributed by atoms with E-state index in [9.17, 15) is 5.11 Å². The molecule has 0 amide bonds. The molecule has 0 atom stereocenters. The van der Waals surface area contributed by atoms with Crippen molar-refractivity contribution in [2.45, 2.75) is 6.54 Å². The minimum atomic E-state index is 0.227. The molecule has 0 unspecified atom stereocenters. The van der Waals surface area contributed by atoms with E-state index in [1.807, 2.05) is 12.1 Å². The largest absolute Gasteiger partial charge is 0.507 e. The fourth-order valence-corrected chi connectivity index (χ4v) is 1.66. The molecule has 3 N–H and O–H groups in total. The van der Waals surface area contributed by atoms with Crippen molar-refractivity contribution in [1.82, 2.24) is 0 Å². The fraction of sp³-hybridized carbons (Fsp3) is 0.0909. The Bertz CT molecular complexity index is 482. The Morgan fingerprint density at radius 3 is 2.71 bits per heavy atom. The number of hydrogen-bond donors (Lipinski definition) is 2. The van der Waals surface area contributed by atoms with Gasteiger partial charge in [-0.1, -0.05) is 17.7 Å². The van der Waals surface area contributed by atoms with Crippen LogP contribution in [0.25, 0.3) is 10.8 Å². The number of aromatic hydroxyl groups is 1. The van der Waals surface area contributed by atoms with Crippen LogP contribution in [0.5, 0.6) is 5.75 Å². The minimum absolute atomic E-state index is 0.227. The molecule has 0 saturated carbocycles. The molecule has 14 heavy (non-hydrogen) atoms. The first-order valence-electron chi connectivity index (χ1n) is 4.32. The molecular formula is C11H10ClNO. The third-order valence-electron chi connectivity index (χ3n) is 2.19. The van der Waals surface area contributed by atoms with Gasteiger partial charge in [0.25, 0.3) is 0 Å². The molecule has 0 fully saturated rings. The third-order valence-corrected chi connectivity index (χ3v) is 2.43. The molecule has 2 aromatic rings. The number of nitrogens with two attached hydrogens (primary N) is 1. The number of halogens is 1. The highest BCUT2D eigenvalue weighted by molar-refractivity contribution is 6.31. The molecule has 0 aliphatic rings. The summed E-state index contributed by atoms with van der Waals surface area (Å²) in [6.45, 7) is 0.423. The first-order valence-corrected chi connectivity index (χ1v) is 4.70. The maximum Gasteiger partial charge on any atom is 0.123 e. The zero-order valence-electron chi connectivity index (χ0n) is 7.50. The summed E-state index contributed by atoms with van der Waals surface area (Å²) >= 11 is 5.83. The van der Waals surface area contributed by atoms with Gasteiger partial charge in [0, 0.05) is 17.0 Å². The van der Waals surface area contributed by atoms with Gasteiger partial charge in [0.1, 0.15) is 5.75 Å². The summed E-state index contributed by atoms with van der Waals surface area (Å²) in [6.07, 6.45) is 0. The van der Waals surface area contributed by atoms with Crippen molar-refractivity contribution in [3.63, 3.8) is 0 Å². The van der Waals surface area contributed by atoms with Gasteiger partial charge in [-0.3, -0.25) is 0 Å². The lowest BCUT2D eigenvalue weighted by Gasteiger charge is -2.04. The van der Waals surface area contributed by atoms with Crippen LogP contribution in [0, 0.1) is 0 Å². The van der Waals surface area contributed by atoms with Crippen LogP contribution in [-0.4, -0.2) is 5.11 Å². The van der Waals surface area contributed by atoms with Crippen LogP contribution in [0.1, 0.15) is 5.56 Å². The highest BCUT2D eigenvalue weighted by atomic mass is 35.5. The Labute approximate surface area is 86.9 Å². The minimum Gasteiger partial charge on any atom is -0.507 e. The van der Waals surface area contributed by atoms with Crippen LogP contribution < -0.4 is 5.73 Å². The second-order valence-electron chi connectivity index (χ2n) is 3.18. The third kappa shape index (κ3) is 1.54. The van der Waals surface area contributed by atoms with Gasteiger partial charge in [0.05, 0.1) is 0 Å². The van der Waals surface area contributed by atoms with E-state index in [0.29, 0.717) is 11.6 Å². The average molecular weight is 208 g/mol. The zero-order valence-corrected chi connectivity index (χ0v) is 8.25. The molecule has 0 heterocycles. The van der Waals surface area contributed by atoms with E-state index in [0.717, 1.165) is 16.3 Å². The molecule has 0 radical (unpaired) electrons. The van der Waals surface area contributed by atoms with E-state index in [2.05, 4.69) is 0 Å². The molecule has 2 aromatic carbocycles. The van der Waals surface area contributed by atoms with Crippen molar-refractivity contribution >= 4 is 22.4 Å². The Morgan fingerprint density at radius 1 is 1.21 bits per heavy atom. The second-order valence-corrected chi connectivity index (χ2v) is 3.62. The SMILES string of the molecule is NCc1cc(O)c2cc(Cl)ccc2c1. The van der Waals surface area contributed by atoms with Crippen LogP contribution in [0.3, 0.4) is 0 Å². The Morgan fingerprint density at radius 2 is 2.00 bits per heavy atom. The predicted molar refractivity (Wildman–Crippen MR) is 58.5 cm³/mol. The van der Waals surface area contributed by atoms with Gasteiger partial charge in [-0.15, -0.1) is 0 Å². The van der Waals surface area contributed by atoms with Crippen molar-refractivity contribution in [2.24, 2.45) is 5.73 Å². The molecule has 0 saturated heterocycles. The van der Waals surface area contributed by atoms with Gasteiger partial charge in [-0.2, -0.15) is 0 Å². The first-order chi connectivity index (χ1) is 6.70. The summed E-state index contributed by atoms with van der Waals surface area (Å²) < 4.78 is 0. The van der Waals surface area contributed by atoms with Crippen molar-refractivity contribution in [2.75, 3.05) is 0 Å². The van der Waals surface area contributed by atoms with E-state index in [-0.39, 0.29) is 5.75 Å². The lowest BCUT2D eigenvalue weighted by molar-refractivity contribution is 0.481. The van der Waals surface area contributed by atoms with Crippen LogP contribution in [0.15, 0.2) is 30.3 Å². The summed E-state index contributed by atoms with van der Waals surface area (Å²) in [5, 5.41) is 12.0. The molecule has 3 heteroatoms. The molecule has 0 bridgehead atoms. The fourth-order valence-electron chi connectivity index (χ4n) is 1.49. The van der Waals surface area contributed by atoms with E-state index >= 15 is 0 Å². The van der Waals surface area contributed by atoms with E-state index in [1.54, 1.807) is 18.2 Å². The lowest BCUT2D eigenvalue weighted by Crippen LogP contribution is -1.95. The first kappa shape index (κ1) is 9.31. The Kier molecular flexibility index (Phi) is 2.32. The quantitative estimate of drug-likeness (QED) is 0.755. The maximum absolute atomic E-state index is 9.69. The number of hydrogen-bond acceptors (Lipinski definition) is 2. The average Bonchev–Trinajstić information content (AvgIpc) is 2.19.